The number of aryl methyl sites for hydroxylation is 3. The summed E-state index contributed by atoms with van der Waals surface area (Å²) >= 11 is 0. The topological polar surface area (TPSA) is 123 Å². The third-order valence-corrected chi connectivity index (χ3v) is 5.67. The lowest BCUT2D eigenvalue weighted by Crippen LogP contribution is -2.30. The van der Waals surface area contributed by atoms with Crippen molar-refractivity contribution in [2.24, 2.45) is 10.9 Å². The van der Waals surface area contributed by atoms with Crippen LogP contribution in [0.1, 0.15) is 57.0 Å². The van der Waals surface area contributed by atoms with Crippen LogP contribution in [-0.2, 0) is 17.6 Å². The minimum atomic E-state index is -0.484. The summed E-state index contributed by atoms with van der Waals surface area (Å²) in [7, 11) is 0. The first-order valence-corrected chi connectivity index (χ1v) is 9.86. The maximum atomic E-state index is 12.5. The number of amides is 2. The number of furan rings is 2. The van der Waals surface area contributed by atoms with Gasteiger partial charge in [0.2, 0.25) is 5.91 Å². The van der Waals surface area contributed by atoms with Gasteiger partial charge in [0.15, 0.2) is 5.76 Å². The van der Waals surface area contributed by atoms with Crippen LogP contribution in [0.4, 0.5) is 0 Å². The van der Waals surface area contributed by atoms with Gasteiger partial charge in [-0.3, -0.25) is 15.0 Å². The van der Waals surface area contributed by atoms with E-state index in [9.17, 15) is 9.59 Å². The summed E-state index contributed by atoms with van der Waals surface area (Å²) in [5, 5.41) is 5.27. The van der Waals surface area contributed by atoms with Gasteiger partial charge >= 0.3 is 5.91 Å². The third kappa shape index (κ3) is 3.39. The van der Waals surface area contributed by atoms with Crippen molar-refractivity contribution in [3.63, 3.8) is 0 Å². The van der Waals surface area contributed by atoms with Gasteiger partial charge < -0.3 is 8.83 Å². The van der Waals surface area contributed by atoms with E-state index in [4.69, 9.17) is 14.7 Å². The summed E-state index contributed by atoms with van der Waals surface area (Å²) in [5.41, 5.74) is 10.7. The minimum absolute atomic E-state index is 0.157. The lowest BCUT2D eigenvalue weighted by molar-refractivity contribution is -0.120. The second kappa shape index (κ2) is 7.79. The Kier molecular flexibility index (Phi) is 5.17. The van der Waals surface area contributed by atoms with Crippen LogP contribution in [0.3, 0.4) is 0 Å². The first-order valence-electron chi connectivity index (χ1n) is 9.86. The summed E-state index contributed by atoms with van der Waals surface area (Å²) in [4.78, 5) is 24.4. The number of nitrogen functional groups attached to an aromatic ring is 1. The highest BCUT2D eigenvalue weighted by molar-refractivity contribution is 6.06. The first-order chi connectivity index (χ1) is 14.4. The van der Waals surface area contributed by atoms with Crippen molar-refractivity contribution in [3.05, 3.63) is 57.7 Å². The summed E-state index contributed by atoms with van der Waals surface area (Å²) < 4.78 is 11.4. The highest BCUT2D eigenvalue weighted by Gasteiger charge is 2.27. The molecule has 0 aliphatic heterocycles. The molecule has 8 nitrogen and oxygen atoms in total. The Morgan fingerprint density at radius 1 is 1.17 bits per heavy atom. The summed E-state index contributed by atoms with van der Waals surface area (Å²) in [6.07, 6.45) is 4.00. The van der Waals surface area contributed by atoms with Crippen molar-refractivity contribution in [2.45, 2.75) is 46.5 Å². The molecule has 2 amide bonds. The summed E-state index contributed by atoms with van der Waals surface area (Å²) in [6, 6.07) is 4.00. The fourth-order valence-corrected chi connectivity index (χ4v) is 3.93. The highest BCUT2D eigenvalue weighted by Crippen LogP contribution is 2.30. The number of carbonyl (C=O) groups excluding carboxylic acids is 2. The molecule has 3 aromatic rings. The van der Waals surface area contributed by atoms with E-state index in [0.717, 1.165) is 39.6 Å². The molecule has 1 aliphatic rings. The maximum Gasteiger partial charge on any atom is 0.301 e. The molecule has 0 atom stereocenters. The molecular formula is C22H24N4O4. The number of nitrogens with zero attached hydrogens (tertiary/aromatic N) is 1. The van der Waals surface area contributed by atoms with Crippen molar-refractivity contribution in [2.75, 3.05) is 0 Å². The zero-order valence-corrected chi connectivity index (χ0v) is 17.2. The Morgan fingerprint density at radius 2 is 1.97 bits per heavy atom. The smallest absolute Gasteiger partial charge is 0.301 e. The van der Waals surface area contributed by atoms with E-state index in [-0.39, 0.29) is 18.1 Å². The van der Waals surface area contributed by atoms with Crippen LogP contribution in [0.25, 0.3) is 11.0 Å². The van der Waals surface area contributed by atoms with Gasteiger partial charge in [-0.05, 0) is 44.7 Å². The van der Waals surface area contributed by atoms with Gasteiger partial charge in [-0.1, -0.05) is 12.1 Å². The molecule has 4 rings (SSSR count). The van der Waals surface area contributed by atoms with Crippen molar-refractivity contribution in [1.82, 2.24) is 10.9 Å². The Hall–Kier alpha value is -3.39. The molecule has 2 heterocycles. The van der Waals surface area contributed by atoms with E-state index in [1.165, 1.54) is 0 Å². The molecule has 4 N–H and O–H groups in total. The van der Waals surface area contributed by atoms with Crippen LogP contribution < -0.4 is 16.7 Å². The molecule has 156 valence electrons. The van der Waals surface area contributed by atoms with Gasteiger partial charge in [-0.2, -0.15) is 5.10 Å². The van der Waals surface area contributed by atoms with Gasteiger partial charge in [0.05, 0.1) is 18.4 Å². The predicted molar refractivity (Wildman–Crippen MR) is 112 cm³/mol. The van der Waals surface area contributed by atoms with E-state index in [2.05, 4.69) is 16.0 Å². The Labute approximate surface area is 173 Å². The third-order valence-electron chi connectivity index (χ3n) is 5.67. The molecule has 0 fully saturated rings. The zero-order valence-electron chi connectivity index (χ0n) is 17.2. The van der Waals surface area contributed by atoms with E-state index >= 15 is 0 Å². The van der Waals surface area contributed by atoms with Crippen LogP contribution in [0.15, 0.2) is 32.3 Å². The molecule has 0 radical (unpaired) electrons. The fourth-order valence-electron chi connectivity index (χ4n) is 3.93. The second-order valence-corrected chi connectivity index (χ2v) is 7.60. The Bertz CT molecular complexity index is 1190. The van der Waals surface area contributed by atoms with Crippen LogP contribution in [-0.4, -0.2) is 17.5 Å². The average Bonchev–Trinajstić information content (AvgIpc) is 3.30. The Balaban J connectivity index is 1.54. The quantitative estimate of drug-likeness (QED) is 0.348. The van der Waals surface area contributed by atoms with Crippen molar-refractivity contribution in [1.29, 1.82) is 0 Å². The van der Waals surface area contributed by atoms with Crippen molar-refractivity contribution >= 4 is 28.5 Å². The van der Waals surface area contributed by atoms with Gasteiger partial charge in [0.1, 0.15) is 11.3 Å². The van der Waals surface area contributed by atoms with Gasteiger partial charge in [0.25, 0.3) is 0 Å². The number of rotatable bonds is 4. The first kappa shape index (κ1) is 19.9. The fraction of sp³-hybridized carbons (Fsp3) is 0.318. The minimum Gasteiger partial charge on any atom is -0.464 e. The van der Waals surface area contributed by atoms with E-state index in [1.807, 2.05) is 26.0 Å². The normalized spacial score (nSPS) is 14.7. The average molecular weight is 408 g/mol. The molecule has 2 aromatic heterocycles. The van der Waals surface area contributed by atoms with Gasteiger partial charge in [0, 0.05) is 28.5 Å². The predicted octanol–water partition coefficient (Wildman–Crippen LogP) is 2.95. The number of nitrogens with one attached hydrogen (secondary N) is 2. The van der Waals surface area contributed by atoms with Crippen LogP contribution in [0, 0.1) is 20.8 Å². The van der Waals surface area contributed by atoms with Gasteiger partial charge in [-0.25, -0.2) is 11.3 Å². The molecule has 30 heavy (non-hydrogen) atoms. The standard InChI is InChI=1S/C22H24N4O4/c1-11-7-8-15-14(10-29-20(15)12(11)2)9-18(27)26-25-16-5-4-6-17-19(16)13(3)21(30-17)22(28)24-23/h7-8,10H,4-6,9,23H2,1-3H3,(H,24,28)(H,26,27)/b25-16+. The van der Waals surface area contributed by atoms with Gasteiger partial charge in [-0.15, -0.1) is 0 Å². The van der Waals surface area contributed by atoms with E-state index < -0.39 is 5.91 Å². The molecule has 0 spiro atoms. The summed E-state index contributed by atoms with van der Waals surface area (Å²) in [5.74, 6) is 5.38. The highest BCUT2D eigenvalue weighted by atomic mass is 16.4. The largest absolute Gasteiger partial charge is 0.464 e. The van der Waals surface area contributed by atoms with Crippen LogP contribution in [0.2, 0.25) is 0 Å². The number of fused-ring (bicyclic) bond motifs is 2. The van der Waals surface area contributed by atoms with Crippen molar-refractivity contribution in [3.8, 4) is 0 Å². The second-order valence-electron chi connectivity index (χ2n) is 7.60. The number of hydrogen-bond acceptors (Lipinski definition) is 6. The SMILES string of the molecule is Cc1ccc2c(CC(=O)N/N=C3\CCCc4oc(C(=O)NN)c(C)c43)coc2c1C. The molecular weight excluding hydrogens is 384 g/mol. The molecule has 1 aliphatic carbocycles. The maximum absolute atomic E-state index is 12.5. The molecule has 8 heteroatoms. The van der Waals surface area contributed by atoms with Crippen molar-refractivity contribution < 1.29 is 18.4 Å². The number of benzene rings is 1. The number of hydrogen-bond donors (Lipinski definition) is 3. The molecule has 0 unspecified atom stereocenters. The molecule has 1 aromatic carbocycles. The molecule has 0 saturated carbocycles. The number of nitrogens with two attached hydrogens (primary N) is 1. The summed E-state index contributed by atoms with van der Waals surface area (Å²) in [6.45, 7) is 5.82. The van der Waals surface area contributed by atoms with E-state index in [0.29, 0.717) is 29.9 Å². The van der Waals surface area contributed by atoms with Crippen LogP contribution in [0.5, 0.6) is 0 Å². The zero-order chi connectivity index (χ0) is 21.4. The number of hydrazone groups is 1. The monoisotopic (exact) mass is 408 g/mol. The molecule has 0 bridgehead atoms. The van der Waals surface area contributed by atoms with E-state index in [1.54, 1.807) is 13.2 Å². The lowest BCUT2D eigenvalue weighted by Gasteiger charge is -2.13. The lowest BCUT2D eigenvalue weighted by atomic mass is 9.93. The van der Waals surface area contributed by atoms with Crippen LogP contribution >= 0.6 is 0 Å². The number of carbonyl (C=O) groups is 2. The molecule has 0 saturated heterocycles. The Morgan fingerprint density at radius 3 is 2.73 bits per heavy atom. The number of hydrazine groups is 1.